The highest BCUT2D eigenvalue weighted by Gasteiger charge is 2.46. The number of methoxy groups -OCH3 is 1. The number of rotatable bonds is 11. The van der Waals surface area contributed by atoms with Gasteiger partial charge in [0.05, 0.1) is 19.0 Å². The van der Waals surface area contributed by atoms with Gasteiger partial charge in [0.2, 0.25) is 0 Å². The zero-order valence-electron chi connectivity index (χ0n) is 14.8. The highest BCUT2D eigenvalue weighted by Crippen LogP contribution is 2.23. The van der Waals surface area contributed by atoms with Gasteiger partial charge in [-0.15, -0.1) is 0 Å². The van der Waals surface area contributed by atoms with Crippen LogP contribution in [0.3, 0.4) is 0 Å². The molecule has 0 aliphatic carbocycles. The third-order valence-corrected chi connectivity index (χ3v) is 4.43. The molecule has 1 atom stereocenters. The van der Waals surface area contributed by atoms with Crippen molar-refractivity contribution in [2.24, 2.45) is 5.41 Å². The van der Waals surface area contributed by atoms with Gasteiger partial charge in [0.1, 0.15) is 0 Å². The van der Waals surface area contributed by atoms with Crippen LogP contribution < -0.4 is 0 Å². The fourth-order valence-corrected chi connectivity index (χ4v) is 2.57. The monoisotopic (exact) mass is 366 g/mol. The second kappa shape index (κ2) is 10.4. The van der Waals surface area contributed by atoms with Crippen molar-refractivity contribution >= 4 is 22.1 Å². The molecule has 0 saturated heterocycles. The smallest absolute Gasteiger partial charge is 0.327 e. The normalized spacial score (nSPS) is 14.8. The topological polar surface area (TPSA) is 105 Å². The third-order valence-electron chi connectivity index (χ3n) is 3.25. The maximum atomic E-state index is 12.1. The molecule has 9 heteroatoms. The number of allylic oxidation sites excluding steroid dienone is 2. The zero-order valence-corrected chi connectivity index (χ0v) is 15.6. The molecule has 140 valence electrons. The van der Waals surface area contributed by atoms with Crippen molar-refractivity contribution < 1.29 is 36.4 Å². The van der Waals surface area contributed by atoms with E-state index in [1.165, 1.54) is 14.0 Å². The van der Waals surface area contributed by atoms with Gasteiger partial charge in [-0.2, -0.15) is 8.42 Å². The number of hydrogen-bond acceptors (Lipinski definition) is 8. The minimum Gasteiger partial charge on any atom is -0.465 e. The fraction of sp³-hybridized carbons (Fsp3) is 0.733. The van der Waals surface area contributed by atoms with E-state index in [1.54, 1.807) is 26.8 Å². The Labute approximate surface area is 143 Å². The van der Waals surface area contributed by atoms with Crippen LogP contribution in [0.2, 0.25) is 0 Å². The van der Waals surface area contributed by atoms with E-state index in [9.17, 15) is 18.0 Å². The first-order valence-corrected chi connectivity index (χ1v) is 9.03. The molecule has 0 saturated carbocycles. The molecular weight excluding hydrogens is 340 g/mol. The first-order chi connectivity index (χ1) is 11.1. The Hall–Kier alpha value is -1.45. The van der Waals surface area contributed by atoms with Crippen LogP contribution in [0.1, 0.15) is 34.1 Å². The van der Waals surface area contributed by atoms with Gasteiger partial charge in [-0.1, -0.05) is 11.6 Å². The molecule has 0 N–H and O–H groups in total. The first kappa shape index (κ1) is 22.6. The lowest BCUT2D eigenvalue weighted by atomic mass is 9.92. The van der Waals surface area contributed by atoms with Crippen LogP contribution in [-0.4, -0.2) is 53.2 Å². The molecule has 0 bridgehead atoms. The van der Waals surface area contributed by atoms with Crippen molar-refractivity contribution in [2.75, 3.05) is 32.9 Å². The second-order valence-electron chi connectivity index (χ2n) is 5.30. The molecule has 24 heavy (non-hydrogen) atoms. The van der Waals surface area contributed by atoms with Gasteiger partial charge in [0, 0.05) is 7.11 Å². The Balaban J connectivity index is 5.06. The molecule has 0 amide bonds. The van der Waals surface area contributed by atoms with Crippen LogP contribution in [0, 0.1) is 5.41 Å². The van der Waals surface area contributed by atoms with Crippen LogP contribution >= 0.6 is 0 Å². The summed E-state index contributed by atoms with van der Waals surface area (Å²) in [6.45, 7) is 5.31. The van der Waals surface area contributed by atoms with E-state index in [1.807, 2.05) is 0 Å². The number of hydrogen-bond donors (Lipinski definition) is 0. The summed E-state index contributed by atoms with van der Waals surface area (Å²) in [5, 5.41) is 0. The Morgan fingerprint density at radius 2 is 1.75 bits per heavy atom. The van der Waals surface area contributed by atoms with Crippen molar-refractivity contribution in [3.63, 3.8) is 0 Å². The number of carbonyl (C=O) groups excluding carboxylic acids is 2. The standard InChI is InChI=1S/C15H26O8S/c1-6-12(3)8-9-24(18,19)23-10-15(4,13(16)21-7-2)14(17)22-11-20-5/h6H,7-11H2,1-5H3. The van der Waals surface area contributed by atoms with Gasteiger partial charge in [0.15, 0.2) is 12.2 Å². The molecule has 0 aliphatic rings. The van der Waals surface area contributed by atoms with E-state index in [2.05, 4.69) is 4.74 Å². The van der Waals surface area contributed by atoms with Crippen LogP contribution in [0.25, 0.3) is 0 Å². The highest BCUT2D eigenvalue weighted by atomic mass is 32.2. The van der Waals surface area contributed by atoms with E-state index < -0.39 is 34.1 Å². The maximum Gasteiger partial charge on any atom is 0.327 e. The lowest BCUT2D eigenvalue weighted by Gasteiger charge is -2.24. The average molecular weight is 366 g/mol. The Kier molecular flexibility index (Phi) is 9.79. The molecule has 8 nitrogen and oxygen atoms in total. The van der Waals surface area contributed by atoms with E-state index in [-0.39, 0.29) is 19.2 Å². The Morgan fingerprint density at radius 1 is 1.17 bits per heavy atom. The molecule has 0 heterocycles. The van der Waals surface area contributed by atoms with Gasteiger partial charge in [0.25, 0.3) is 10.1 Å². The summed E-state index contributed by atoms with van der Waals surface area (Å²) in [5.74, 6) is -2.16. The predicted octanol–water partition coefficient (Wildman–Crippen LogP) is 1.41. The van der Waals surface area contributed by atoms with Crippen molar-refractivity contribution in [3.05, 3.63) is 11.6 Å². The second-order valence-corrected chi connectivity index (χ2v) is 7.06. The minimum absolute atomic E-state index is 0.0270. The molecule has 0 spiro atoms. The van der Waals surface area contributed by atoms with Gasteiger partial charge in [-0.25, -0.2) is 0 Å². The van der Waals surface area contributed by atoms with Gasteiger partial charge in [-0.3, -0.25) is 13.8 Å². The van der Waals surface area contributed by atoms with Crippen molar-refractivity contribution in [1.82, 2.24) is 0 Å². The number of ether oxygens (including phenoxy) is 3. The summed E-state index contributed by atoms with van der Waals surface area (Å²) in [6, 6.07) is 0. The quantitative estimate of drug-likeness (QED) is 0.178. The molecule has 0 aromatic heterocycles. The maximum absolute atomic E-state index is 12.1. The van der Waals surface area contributed by atoms with Crippen LogP contribution in [0.5, 0.6) is 0 Å². The summed E-state index contributed by atoms with van der Waals surface area (Å²) in [6.07, 6.45) is 2.09. The summed E-state index contributed by atoms with van der Waals surface area (Å²) in [7, 11) is -2.60. The lowest BCUT2D eigenvalue weighted by molar-refractivity contribution is -0.179. The van der Waals surface area contributed by atoms with Crippen molar-refractivity contribution in [2.45, 2.75) is 34.1 Å². The van der Waals surface area contributed by atoms with E-state index in [4.69, 9.17) is 13.7 Å². The van der Waals surface area contributed by atoms with Gasteiger partial charge >= 0.3 is 11.9 Å². The fourth-order valence-electron chi connectivity index (χ4n) is 1.46. The Bertz CT molecular complexity index is 552. The highest BCUT2D eigenvalue weighted by molar-refractivity contribution is 7.86. The molecule has 0 rings (SSSR count). The van der Waals surface area contributed by atoms with Crippen LogP contribution in [0.4, 0.5) is 0 Å². The lowest BCUT2D eigenvalue weighted by Crippen LogP contribution is -2.44. The largest absolute Gasteiger partial charge is 0.465 e. The molecule has 0 radical (unpaired) electrons. The van der Waals surface area contributed by atoms with Gasteiger partial charge < -0.3 is 14.2 Å². The molecule has 1 unspecified atom stereocenters. The summed E-state index contributed by atoms with van der Waals surface area (Å²) >= 11 is 0. The van der Waals surface area contributed by atoms with Gasteiger partial charge in [-0.05, 0) is 34.1 Å². The molecule has 0 fully saturated rings. The third kappa shape index (κ3) is 7.41. The summed E-state index contributed by atoms with van der Waals surface area (Å²) < 4.78 is 42.9. The first-order valence-electron chi connectivity index (χ1n) is 7.45. The summed E-state index contributed by atoms with van der Waals surface area (Å²) in [5.41, 5.74) is -1.02. The van der Waals surface area contributed by atoms with E-state index in [0.717, 1.165) is 5.57 Å². The van der Waals surface area contributed by atoms with Crippen molar-refractivity contribution in [3.8, 4) is 0 Å². The zero-order chi connectivity index (χ0) is 18.8. The number of carbonyl (C=O) groups is 2. The molecule has 0 aliphatic heterocycles. The van der Waals surface area contributed by atoms with Crippen LogP contribution in [0.15, 0.2) is 11.6 Å². The Morgan fingerprint density at radius 3 is 2.25 bits per heavy atom. The SMILES string of the molecule is CC=C(C)CCS(=O)(=O)OCC(C)(C(=O)OCC)C(=O)OCOC. The molecular formula is C15H26O8S. The molecule has 0 aromatic rings. The summed E-state index contributed by atoms with van der Waals surface area (Å²) in [4.78, 5) is 24.1. The predicted molar refractivity (Wildman–Crippen MR) is 86.5 cm³/mol. The molecule has 0 aromatic carbocycles. The van der Waals surface area contributed by atoms with Crippen LogP contribution in [-0.2, 0) is 38.1 Å². The van der Waals surface area contributed by atoms with E-state index in [0.29, 0.717) is 6.42 Å². The minimum atomic E-state index is -3.91. The van der Waals surface area contributed by atoms with E-state index >= 15 is 0 Å². The average Bonchev–Trinajstić information content (AvgIpc) is 2.55. The number of esters is 2. The van der Waals surface area contributed by atoms with Crippen molar-refractivity contribution in [1.29, 1.82) is 0 Å².